The standard InChI is InChI=1S/C15H16BrNO3/c1-8(2)7-11-13(15(18)19)20-14(17-11)10-6-4-5-9(3)12(10)16/h4-6,8H,7H2,1-3H3,(H,18,19). The van der Waals surface area contributed by atoms with Crippen LogP contribution in [0.25, 0.3) is 11.5 Å². The molecule has 0 atom stereocenters. The summed E-state index contributed by atoms with van der Waals surface area (Å²) in [7, 11) is 0. The first-order valence-corrected chi connectivity index (χ1v) is 7.18. The van der Waals surface area contributed by atoms with E-state index in [1.165, 1.54) is 0 Å². The minimum atomic E-state index is -1.08. The van der Waals surface area contributed by atoms with Gasteiger partial charge in [-0.15, -0.1) is 0 Å². The number of carboxylic acid groups (broad SMARTS) is 1. The molecule has 0 aliphatic heterocycles. The van der Waals surface area contributed by atoms with Gasteiger partial charge in [0.05, 0.1) is 11.3 Å². The molecule has 0 bridgehead atoms. The molecule has 2 aromatic rings. The lowest BCUT2D eigenvalue weighted by Gasteiger charge is -2.02. The number of carboxylic acids is 1. The van der Waals surface area contributed by atoms with Gasteiger partial charge in [0, 0.05) is 4.47 Å². The molecular weight excluding hydrogens is 322 g/mol. The number of oxazole rings is 1. The molecule has 0 saturated carbocycles. The first kappa shape index (κ1) is 14.8. The Morgan fingerprint density at radius 2 is 2.15 bits per heavy atom. The highest BCUT2D eigenvalue weighted by Gasteiger charge is 2.22. The number of aryl methyl sites for hydroxylation is 1. The van der Waals surface area contributed by atoms with Gasteiger partial charge in [0.2, 0.25) is 11.7 Å². The Morgan fingerprint density at radius 3 is 2.75 bits per heavy atom. The summed E-state index contributed by atoms with van der Waals surface area (Å²) in [5.74, 6) is -0.495. The molecule has 0 unspecified atom stereocenters. The molecule has 1 aromatic heterocycles. The van der Waals surface area contributed by atoms with Crippen LogP contribution in [0.15, 0.2) is 27.1 Å². The van der Waals surface area contributed by atoms with Gasteiger partial charge in [-0.2, -0.15) is 0 Å². The Kier molecular flexibility index (Phi) is 4.28. The average Bonchev–Trinajstić information content (AvgIpc) is 2.75. The molecule has 5 heteroatoms. The Balaban J connectivity index is 2.53. The molecule has 0 saturated heterocycles. The number of hydrogen-bond acceptors (Lipinski definition) is 3. The maximum atomic E-state index is 11.3. The van der Waals surface area contributed by atoms with Crippen molar-refractivity contribution in [2.45, 2.75) is 27.2 Å². The van der Waals surface area contributed by atoms with E-state index >= 15 is 0 Å². The van der Waals surface area contributed by atoms with Gasteiger partial charge in [0.15, 0.2) is 0 Å². The summed E-state index contributed by atoms with van der Waals surface area (Å²) in [5.41, 5.74) is 2.31. The molecule has 0 aliphatic rings. The maximum absolute atomic E-state index is 11.3. The van der Waals surface area contributed by atoms with Crippen molar-refractivity contribution in [3.05, 3.63) is 39.7 Å². The molecule has 1 N–H and O–H groups in total. The van der Waals surface area contributed by atoms with E-state index < -0.39 is 5.97 Å². The Bertz CT molecular complexity index is 647. The normalized spacial score (nSPS) is 11.1. The van der Waals surface area contributed by atoms with Gasteiger partial charge in [-0.1, -0.05) is 26.0 Å². The van der Waals surface area contributed by atoms with E-state index in [0.717, 1.165) is 15.6 Å². The van der Waals surface area contributed by atoms with E-state index in [0.29, 0.717) is 23.9 Å². The zero-order valence-electron chi connectivity index (χ0n) is 11.6. The number of nitrogens with zero attached hydrogens (tertiary/aromatic N) is 1. The molecule has 106 valence electrons. The van der Waals surface area contributed by atoms with E-state index in [4.69, 9.17) is 4.42 Å². The monoisotopic (exact) mass is 337 g/mol. The fraction of sp³-hybridized carbons (Fsp3) is 0.333. The molecule has 4 nitrogen and oxygen atoms in total. The van der Waals surface area contributed by atoms with Crippen LogP contribution in [-0.4, -0.2) is 16.1 Å². The molecule has 1 aromatic carbocycles. The smallest absolute Gasteiger partial charge is 0.373 e. The Morgan fingerprint density at radius 1 is 1.45 bits per heavy atom. The number of carbonyl (C=O) groups is 1. The Hall–Kier alpha value is -1.62. The minimum absolute atomic E-state index is 0.0675. The van der Waals surface area contributed by atoms with Crippen LogP contribution in [0.2, 0.25) is 0 Å². The van der Waals surface area contributed by atoms with Gasteiger partial charge < -0.3 is 9.52 Å². The fourth-order valence-corrected chi connectivity index (χ4v) is 2.41. The van der Waals surface area contributed by atoms with Crippen LogP contribution in [0.3, 0.4) is 0 Å². The average molecular weight is 338 g/mol. The zero-order valence-corrected chi connectivity index (χ0v) is 13.2. The first-order chi connectivity index (χ1) is 9.40. The number of hydrogen-bond donors (Lipinski definition) is 1. The van der Waals surface area contributed by atoms with E-state index in [1.807, 2.05) is 39.0 Å². The van der Waals surface area contributed by atoms with Crippen LogP contribution in [0, 0.1) is 12.8 Å². The number of aromatic carboxylic acids is 1. The third-order valence-electron chi connectivity index (χ3n) is 2.92. The van der Waals surface area contributed by atoms with Crippen molar-refractivity contribution < 1.29 is 14.3 Å². The third-order valence-corrected chi connectivity index (χ3v) is 3.97. The third kappa shape index (κ3) is 2.93. The second-order valence-electron chi connectivity index (χ2n) is 5.13. The minimum Gasteiger partial charge on any atom is -0.475 e. The summed E-state index contributed by atoms with van der Waals surface area (Å²) in [6.07, 6.45) is 0.578. The highest BCUT2D eigenvalue weighted by molar-refractivity contribution is 9.10. The van der Waals surface area contributed by atoms with Crippen molar-refractivity contribution in [2.75, 3.05) is 0 Å². The van der Waals surface area contributed by atoms with Crippen molar-refractivity contribution in [3.63, 3.8) is 0 Å². The Labute approximate surface area is 126 Å². The van der Waals surface area contributed by atoms with Gasteiger partial charge >= 0.3 is 5.97 Å². The van der Waals surface area contributed by atoms with Crippen LogP contribution in [0.4, 0.5) is 0 Å². The van der Waals surface area contributed by atoms with Crippen molar-refractivity contribution in [2.24, 2.45) is 5.92 Å². The second kappa shape index (κ2) is 5.79. The molecule has 0 amide bonds. The molecular formula is C15H16BrNO3. The molecule has 20 heavy (non-hydrogen) atoms. The highest BCUT2D eigenvalue weighted by atomic mass is 79.9. The topological polar surface area (TPSA) is 63.3 Å². The van der Waals surface area contributed by atoms with Gasteiger partial charge in [0.1, 0.15) is 0 Å². The van der Waals surface area contributed by atoms with Crippen molar-refractivity contribution >= 4 is 21.9 Å². The van der Waals surface area contributed by atoms with E-state index in [2.05, 4.69) is 20.9 Å². The molecule has 0 fully saturated rings. The fourth-order valence-electron chi connectivity index (χ4n) is 1.97. The summed E-state index contributed by atoms with van der Waals surface area (Å²) in [6, 6.07) is 5.71. The maximum Gasteiger partial charge on any atom is 0.373 e. The summed E-state index contributed by atoms with van der Waals surface area (Å²) >= 11 is 3.49. The SMILES string of the molecule is Cc1cccc(-c2nc(CC(C)C)c(C(=O)O)o2)c1Br. The number of rotatable bonds is 4. The zero-order chi connectivity index (χ0) is 14.9. The van der Waals surface area contributed by atoms with E-state index in [9.17, 15) is 9.90 Å². The lowest BCUT2D eigenvalue weighted by Crippen LogP contribution is -2.03. The summed E-state index contributed by atoms with van der Waals surface area (Å²) in [4.78, 5) is 15.6. The predicted octanol–water partition coefficient (Wildman–Crippen LogP) is 4.31. The predicted molar refractivity (Wildman–Crippen MR) is 79.9 cm³/mol. The number of benzene rings is 1. The molecule has 0 spiro atoms. The van der Waals surface area contributed by atoms with Gasteiger partial charge in [-0.3, -0.25) is 0 Å². The number of aromatic nitrogens is 1. The lowest BCUT2D eigenvalue weighted by molar-refractivity contribution is 0.0661. The van der Waals surface area contributed by atoms with Crippen molar-refractivity contribution in [1.82, 2.24) is 4.98 Å². The van der Waals surface area contributed by atoms with Crippen LogP contribution in [-0.2, 0) is 6.42 Å². The van der Waals surface area contributed by atoms with Crippen LogP contribution >= 0.6 is 15.9 Å². The van der Waals surface area contributed by atoms with E-state index in [-0.39, 0.29) is 5.76 Å². The molecule has 0 aliphatic carbocycles. The van der Waals surface area contributed by atoms with Crippen LogP contribution < -0.4 is 0 Å². The first-order valence-electron chi connectivity index (χ1n) is 6.38. The molecule has 0 radical (unpaired) electrons. The van der Waals surface area contributed by atoms with E-state index in [1.54, 1.807) is 0 Å². The summed E-state index contributed by atoms with van der Waals surface area (Å²) < 4.78 is 6.33. The largest absolute Gasteiger partial charge is 0.475 e. The second-order valence-corrected chi connectivity index (χ2v) is 5.93. The quantitative estimate of drug-likeness (QED) is 0.902. The van der Waals surface area contributed by atoms with Gasteiger partial charge in [-0.05, 0) is 46.8 Å². The van der Waals surface area contributed by atoms with Crippen molar-refractivity contribution in [1.29, 1.82) is 0 Å². The number of halogens is 1. The van der Waals surface area contributed by atoms with Crippen molar-refractivity contribution in [3.8, 4) is 11.5 Å². The molecule has 1 heterocycles. The van der Waals surface area contributed by atoms with Crippen LogP contribution in [0.5, 0.6) is 0 Å². The van der Waals surface area contributed by atoms with Gasteiger partial charge in [0.25, 0.3) is 0 Å². The summed E-state index contributed by atoms with van der Waals surface area (Å²) in [6.45, 7) is 5.99. The molecule has 2 rings (SSSR count). The lowest BCUT2D eigenvalue weighted by atomic mass is 10.1. The van der Waals surface area contributed by atoms with Crippen LogP contribution in [0.1, 0.15) is 35.7 Å². The highest BCUT2D eigenvalue weighted by Crippen LogP contribution is 2.32. The van der Waals surface area contributed by atoms with Gasteiger partial charge in [-0.25, -0.2) is 9.78 Å². The summed E-state index contributed by atoms with van der Waals surface area (Å²) in [5, 5.41) is 9.22.